The SMILES string of the molecule is CC1c2nn(C)cc2CN1c1nc(-c2c(O)cccc2F)c(Cl)c2c1C(=O)N1CCN(C(=O)OC(C)(C)C)CC1CO2. The van der Waals surface area contributed by atoms with Crippen molar-refractivity contribution in [3.8, 4) is 22.8 Å². The Balaban J connectivity index is 1.45. The van der Waals surface area contributed by atoms with Crippen LogP contribution >= 0.6 is 11.6 Å². The van der Waals surface area contributed by atoms with Crippen molar-refractivity contribution >= 4 is 29.4 Å². The monoisotopic (exact) mass is 598 g/mol. The summed E-state index contributed by atoms with van der Waals surface area (Å²) < 4.78 is 28.7. The number of aromatic nitrogens is 3. The maximum atomic E-state index is 15.1. The lowest BCUT2D eigenvalue weighted by Crippen LogP contribution is -2.58. The number of hydrogen-bond donors (Lipinski definition) is 1. The molecule has 3 aliphatic rings. The molecule has 13 heteroatoms. The van der Waals surface area contributed by atoms with Crippen LogP contribution < -0.4 is 9.64 Å². The molecular weight excluding hydrogens is 567 g/mol. The van der Waals surface area contributed by atoms with Gasteiger partial charge in [-0.05, 0) is 39.8 Å². The summed E-state index contributed by atoms with van der Waals surface area (Å²) in [5, 5.41) is 15.1. The van der Waals surface area contributed by atoms with Crippen molar-refractivity contribution in [1.82, 2.24) is 24.6 Å². The number of piperazine rings is 1. The maximum absolute atomic E-state index is 15.1. The molecule has 0 aliphatic carbocycles. The van der Waals surface area contributed by atoms with Gasteiger partial charge in [0.05, 0.1) is 23.3 Å². The molecule has 0 saturated carbocycles. The lowest BCUT2D eigenvalue weighted by molar-refractivity contribution is 0.000954. The van der Waals surface area contributed by atoms with Gasteiger partial charge in [0.25, 0.3) is 5.91 Å². The van der Waals surface area contributed by atoms with Crippen LogP contribution in [0.25, 0.3) is 11.3 Å². The second-order valence-corrected chi connectivity index (χ2v) is 12.2. The maximum Gasteiger partial charge on any atom is 0.410 e. The predicted octanol–water partition coefficient (Wildman–Crippen LogP) is 4.52. The number of hydrogen-bond acceptors (Lipinski definition) is 8. The minimum Gasteiger partial charge on any atom is -0.507 e. The Labute approximate surface area is 247 Å². The summed E-state index contributed by atoms with van der Waals surface area (Å²) in [5.41, 5.74) is 1.06. The van der Waals surface area contributed by atoms with Gasteiger partial charge < -0.3 is 29.3 Å². The van der Waals surface area contributed by atoms with Crippen LogP contribution in [0.3, 0.4) is 0 Å². The smallest absolute Gasteiger partial charge is 0.410 e. The Morgan fingerprint density at radius 2 is 1.98 bits per heavy atom. The van der Waals surface area contributed by atoms with Gasteiger partial charge in [-0.15, -0.1) is 0 Å². The van der Waals surface area contributed by atoms with E-state index in [1.807, 2.05) is 25.1 Å². The van der Waals surface area contributed by atoms with Crippen LogP contribution in [-0.4, -0.2) is 79.6 Å². The van der Waals surface area contributed by atoms with Crippen molar-refractivity contribution in [3.63, 3.8) is 0 Å². The summed E-state index contributed by atoms with van der Waals surface area (Å²) in [4.78, 5) is 37.0. The Hall–Kier alpha value is -4.06. The fourth-order valence-electron chi connectivity index (χ4n) is 5.81. The number of carbonyl (C=O) groups excluding carboxylic acids is 2. The molecule has 11 nitrogen and oxygen atoms in total. The van der Waals surface area contributed by atoms with E-state index in [1.54, 1.807) is 35.3 Å². The number of phenolic OH excluding ortho intramolecular Hbond substituents is 1. The van der Waals surface area contributed by atoms with Crippen molar-refractivity contribution in [2.75, 3.05) is 31.1 Å². The molecule has 0 radical (unpaired) electrons. The lowest BCUT2D eigenvalue weighted by atomic mass is 10.0. The van der Waals surface area contributed by atoms with Crippen molar-refractivity contribution in [3.05, 3.63) is 52.1 Å². The topological polar surface area (TPSA) is 113 Å². The molecule has 2 unspecified atom stereocenters. The van der Waals surface area contributed by atoms with Gasteiger partial charge in [0.1, 0.15) is 45.9 Å². The molecule has 1 N–H and O–H groups in total. The number of pyridine rings is 1. The molecule has 42 heavy (non-hydrogen) atoms. The Kier molecular flexibility index (Phi) is 6.71. The summed E-state index contributed by atoms with van der Waals surface area (Å²) in [7, 11) is 1.84. The molecule has 0 spiro atoms. The summed E-state index contributed by atoms with van der Waals surface area (Å²) in [6.07, 6.45) is 1.44. The molecule has 3 aromatic rings. The van der Waals surface area contributed by atoms with Gasteiger partial charge in [-0.1, -0.05) is 17.7 Å². The van der Waals surface area contributed by atoms with E-state index in [9.17, 15) is 14.7 Å². The number of aromatic hydroxyl groups is 1. The van der Waals surface area contributed by atoms with E-state index in [1.165, 1.54) is 18.2 Å². The van der Waals surface area contributed by atoms with Crippen LogP contribution in [0.1, 0.15) is 55.4 Å². The third-order valence-corrected chi connectivity index (χ3v) is 8.10. The number of benzene rings is 1. The van der Waals surface area contributed by atoms with Crippen molar-refractivity contribution in [2.45, 2.75) is 51.9 Å². The summed E-state index contributed by atoms with van der Waals surface area (Å²) in [6.45, 7) is 8.49. The third-order valence-electron chi connectivity index (χ3n) is 7.75. The molecule has 0 bridgehead atoms. The predicted molar refractivity (Wildman–Crippen MR) is 152 cm³/mol. The minimum atomic E-state index is -0.722. The van der Waals surface area contributed by atoms with E-state index in [2.05, 4.69) is 5.10 Å². The van der Waals surface area contributed by atoms with E-state index < -0.39 is 23.6 Å². The lowest BCUT2D eigenvalue weighted by Gasteiger charge is -2.40. The average molecular weight is 599 g/mol. The molecule has 5 heterocycles. The van der Waals surface area contributed by atoms with Crippen molar-refractivity contribution in [2.24, 2.45) is 7.05 Å². The van der Waals surface area contributed by atoms with Gasteiger partial charge >= 0.3 is 6.09 Å². The first-order chi connectivity index (χ1) is 19.8. The van der Waals surface area contributed by atoms with E-state index in [0.717, 1.165) is 11.3 Å². The number of rotatable bonds is 2. The Morgan fingerprint density at radius 1 is 1.21 bits per heavy atom. The molecule has 1 aromatic carbocycles. The molecule has 2 aromatic heterocycles. The zero-order valence-electron chi connectivity index (χ0n) is 24.0. The number of amides is 2. The van der Waals surface area contributed by atoms with Crippen molar-refractivity contribution < 1.29 is 28.6 Å². The highest BCUT2D eigenvalue weighted by atomic mass is 35.5. The fourth-order valence-corrected chi connectivity index (χ4v) is 6.10. The largest absolute Gasteiger partial charge is 0.507 e. The highest BCUT2D eigenvalue weighted by Crippen LogP contribution is 2.48. The standard InChI is InChI=1S/C29H32ClFN6O5/c1-15-23-16(11-34(5)33-23)12-37(15)26-21-25(22(30)24(32-26)20-18(31)7-6-8-19(20)38)41-14-17-13-35(9-10-36(17)27(21)39)28(40)42-29(2,3)4/h6-8,11,15,17,38H,9-10,12-14H2,1-5H3. The molecule has 3 aliphatic heterocycles. The van der Waals surface area contributed by atoms with Crippen molar-refractivity contribution in [1.29, 1.82) is 0 Å². The van der Waals surface area contributed by atoms with Gasteiger partial charge in [0, 0.05) is 45.0 Å². The van der Waals surface area contributed by atoms with Gasteiger partial charge in [-0.25, -0.2) is 14.2 Å². The van der Waals surface area contributed by atoms with Gasteiger partial charge in [-0.2, -0.15) is 5.10 Å². The van der Waals surface area contributed by atoms with E-state index >= 15 is 4.39 Å². The normalized spacial score (nSPS) is 20.1. The van der Waals surface area contributed by atoms with Crippen LogP contribution in [0, 0.1) is 5.82 Å². The summed E-state index contributed by atoms with van der Waals surface area (Å²) in [6, 6.07) is 3.17. The highest BCUT2D eigenvalue weighted by molar-refractivity contribution is 6.35. The quantitative estimate of drug-likeness (QED) is 0.458. The van der Waals surface area contributed by atoms with E-state index in [-0.39, 0.29) is 77.4 Å². The zero-order chi connectivity index (χ0) is 30.1. The minimum absolute atomic E-state index is 0.0299. The number of aryl methyl sites for hydroxylation is 1. The zero-order valence-corrected chi connectivity index (χ0v) is 24.8. The number of ether oxygens (including phenoxy) is 2. The van der Waals surface area contributed by atoms with Gasteiger partial charge in [-0.3, -0.25) is 9.48 Å². The molecule has 6 rings (SSSR count). The first-order valence-corrected chi connectivity index (χ1v) is 14.1. The van der Waals surface area contributed by atoms with Gasteiger partial charge in [0.15, 0.2) is 5.75 Å². The number of nitrogens with zero attached hydrogens (tertiary/aromatic N) is 6. The number of carbonyl (C=O) groups is 2. The van der Waals surface area contributed by atoms with E-state index in [4.69, 9.17) is 26.1 Å². The summed E-state index contributed by atoms with van der Waals surface area (Å²) >= 11 is 6.84. The first-order valence-electron chi connectivity index (χ1n) is 13.8. The van der Waals surface area contributed by atoms with Crippen LogP contribution in [-0.2, 0) is 18.3 Å². The van der Waals surface area contributed by atoms with Crippen LogP contribution in [0.5, 0.6) is 11.5 Å². The first kappa shape index (κ1) is 28.1. The third kappa shape index (κ3) is 4.67. The highest BCUT2D eigenvalue weighted by Gasteiger charge is 2.43. The number of fused-ring (bicyclic) bond motifs is 3. The number of anilines is 1. The number of halogens is 2. The fraction of sp³-hybridized carbons (Fsp3) is 0.448. The average Bonchev–Trinajstić information content (AvgIpc) is 3.37. The number of phenols is 1. The second-order valence-electron chi connectivity index (χ2n) is 11.8. The second kappa shape index (κ2) is 10.0. The molecule has 2 amide bonds. The molecular formula is C29H32ClFN6O5. The molecule has 222 valence electrons. The summed E-state index contributed by atoms with van der Waals surface area (Å²) in [5.74, 6) is -1.12. The Bertz CT molecular complexity index is 1580. The van der Waals surface area contributed by atoms with Crippen LogP contribution in [0.4, 0.5) is 15.0 Å². The van der Waals surface area contributed by atoms with Crippen LogP contribution in [0.15, 0.2) is 24.4 Å². The Morgan fingerprint density at radius 3 is 2.67 bits per heavy atom. The van der Waals surface area contributed by atoms with E-state index in [0.29, 0.717) is 6.54 Å². The molecule has 1 saturated heterocycles. The molecule has 2 atom stereocenters. The van der Waals surface area contributed by atoms with Gasteiger partial charge in [0.2, 0.25) is 0 Å². The molecule has 1 fully saturated rings. The van der Waals surface area contributed by atoms with Crippen LogP contribution in [0.2, 0.25) is 5.02 Å².